The highest BCUT2D eigenvalue weighted by molar-refractivity contribution is 4.86. The van der Waals surface area contributed by atoms with Crippen molar-refractivity contribution in [2.24, 2.45) is 5.92 Å². The summed E-state index contributed by atoms with van der Waals surface area (Å²) in [5.74, 6) is 0.957. The second kappa shape index (κ2) is 6.19. The zero-order valence-corrected chi connectivity index (χ0v) is 11.9. The third kappa shape index (κ3) is 3.45. The topological polar surface area (TPSA) is 15.3 Å². The van der Waals surface area contributed by atoms with Crippen LogP contribution < -0.4 is 5.32 Å². The first kappa shape index (κ1) is 13.4. The van der Waals surface area contributed by atoms with E-state index in [9.17, 15) is 0 Å². The van der Waals surface area contributed by atoms with Gasteiger partial charge in [0, 0.05) is 24.7 Å². The zero-order chi connectivity index (χ0) is 12.3. The molecule has 0 bridgehead atoms. The van der Waals surface area contributed by atoms with E-state index in [1.165, 1.54) is 51.6 Å². The average molecular weight is 238 g/mol. The van der Waals surface area contributed by atoms with Crippen LogP contribution in [0.4, 0.5) is 0 Å². The summed E-state index contributed by atoms with van der Waals surface area (Å²) in [4.78, 5) is 2.75. The summed E-state index contributed by atoms with van der Waals surface area (Å²) in [6.45, 7) is 9.68. The van der Waals surface area contributed by atoms with E-state index in [-0.39, 0.29) is 0 Å². The fourth-order valence-electron chi connectivity index (χ4n) is 3.72. The minimum absolute atomic E-state index is 0.688. The molecule has 0 radical (unpaired) electrons. The van der Waals surface area contributed by atoms with Gasteiger partial charge in [-0.2, -0.15) is 0 Å². The van der Waals surface area contributed by atoms with E-state index in [1.807, 2.05) is 0 Å². The third-order valence-electron chi connectivity index (χ3n) is 4.86. The van der Waals surface area contributed by atoms with E-state index in [1.54, 1.807) is 0 Å². The maximum atomic E-state index is 3.65. The number of rotatable bonds is 5. The standard InChI is InChI=1S/C15H30N2/c1-12(2)17(11-15-9-6-10-16-15)13(3)14-7-4-5-8-14/h12-16H,4-11H2,1-3H3. The summed E-state index contributed by atoms with van der Waals surface area (Å²) in [6, 6.07) is 2.22. The quantitative estimate of drug-likeness (QED) is 0.792. The first-order valence-corrected chi connectivity index (χ1v) is 7.67. The third-order valence-corrected chi connectivity index (χ3v) is 4.86. The molecule has 1 N–H and O–H groups in total. The van der Waals surface area contributed by atoms with E-state index < -0.39 is 0 Å². The van der Waals surface area contributed by atoms with Crippen molar-refractivity contribution in [3.05, 3.63) is 0 Å². The molecule has 17 heavy (non-hydrogen) atoms. The minimum atomic E-state index is 0.688. The van der Waals surface area contributed by atoms with Crippen LogP contribution in [0.5, 0.6) is 0 Å². The van der Waals surface area contributed by atoms with Gasteiger partial charge in [-0.25, -0.2) is 0 Å². The summed E-state index contributed by atoms with van der Waals surface area (Å²) < 4.78 is 0. The van der Waals surface area contributed by atoms with Gasteiger partial charge in [-0.3, -0.25) is 4.90 Å². The Hall–Kier alpha value is -0.0800. The van der Waals surface area contributed by atoms with Crippen LogP contribution >= 0.6 is 0 Å². The smallest absolute Gasteiger partial charge is 0.0195 e. The molecule has 1 saturated heterocycles. The highest BCUT2D eigenvalue weighted by Gasteiger charge is 2.29. The van der Waals surface area contributed by atoms with Crippen LogP contribution in [0.1, 0.15) is 59.3 Å². The maximum Gasteiger partial charge on any atom is 0.0195 e. The molecule has 100 valence electrons. The van der Waals surface area contributed by atoms with E-state index in [2.05, 4.69) is 31.0 Å². The molecule has 2 unspecified atom stereocenters. The van der Waals surface area contributed by atoms with Crippen LogP contribution in [0.25, 0.3) is 0 Å². The van der Waals surface area contributed by atoms with Crippen molar-refractivity contribution in [3.63, 3.8) is 0 Å². The van der Waals surface area contributed by atoms with E-state index >= 15 is 0 Å². The molecule has 2 rings (SSSR count). The zero-order valence-electron chi connectivity index (χ0n) is 11.9. The molecule has 1 aliphatic carbocycles. The van der Waals surface area contributed by atoms with Crippen molar-refractivity contribution in [2.45, 2.75) is 77.4 Å². The van der Waals surface area contributed by atoms with E-state index in [4.69, 9.17) is 0 Å². The van der Waals surface area contributed by atoms with Crippen LogP contribution in [0.15, 0.2) is 0 Å². The van der Waals surface area contributed by atoms with Crippen LogP contribution in [0.2, 0.25) is 0 Å². The molecule has 0 aromatic rings. The molecule has 1 heterocycles. The normalized spacial score (nSPS) is 28.4. The van der Waals surface area contributed by atoms with Crippen LogP contribution in [0.3, 0.4) is 0 Å². The Bertz CT molecular complexity index is 215. The van der Waals surface area contributed by atoms with E-state index in [0.717, 1.165) is 18.0 Å². The summed E-state index contributed by atoms with van der Waals surface area (Å²) >= 11 is 0. The number of nitrogens with one attached hydrogen (secondary N) is 1. The van der Waals surface area contributed by atoms with Gasteiger partial charge < -0.3 is 5.32 Å². The Morgan fingerprint density at radius 2 is 1.76 bits per heavy atom. The molecule has 2 atom stereocenters. The highest BCUT2D eigenvalue weighted by atomic mass is 15.2. The Labute approximate surface area is 107 Å². The molecule has 0 amide bonds. The molecule has 0 spiro atoms. The molecule has 2 heteroatoms. The van der Waals surface area contributed by atoms with Crippen molar-refractivity contribution in [1.29, 1.82) is 0 Å². The van der Waals surface area contributed by atoms with Gasteiger partial charge in [0.05, 0.1) is 0 Å². The summed E-state index contributed by atoms with van der Waals surface area (Å²) in [6.07, 6.45) is 8.59. The number of hydrogen-bond acceptors (Lipinski definition) is 2. The van der Waals surface area contributed by atoms with Gasteiger partial charge in [-0.15, -0.1) is 0 Å². The molecular weight excluding hydrogens is 208 g/mol. The average Bonchev–Trinajstić information content (AvgIpc) is 2.97. The fourth-order valence-corrected chi connectivity index (χ4v) is 3.72. The van der Waals surface area contributed by atoms with E-state index in [0.29, 0.717) is 6.04 Å². The van der Waals surface area contributed by atoms with Crippen molar-refractivity contribution in [3.8, 4) is 0 Å². The minimum Gasteiger partial charge on any atom is -0.313 e. The van der Waals surface area contributed by atoms with Gasteiger partial charge in [0.1, 0.15) is 0 Å². The predicted octanol–water partition coefficient (Wildman–Crippen LogP) is 3.03. The fraction of sp³-hybridized carbons (Fsp3) is 1.00. The molecular formula is C15H30N2. The summed E-state index contributed by atoms with van der Waals surface area (Å²) in [5, 5.41) is 3.65. The lowest BCUT2D eigenvalue weighted by atomic mass is 9.96. The van der Waals surface area contributed by atoms with Crippen molar-refractivity contribution < 1.29 is 0 Å². The Morgan fingerprint density at radius 1 is 1.06 bits per heavy atom. The van der Waals surface area contributed by atoms with Crippen LogP contribution in [0, 0.1) is 5.92 Å². The Morgan fingerprint density at radius 3 is 2.29 bits per heavy atom. The second-order valence-electron chi connectivity index (χ2n) is 6.37. The van der Waals surface area contributed by atoms with Crippen LogP contribution in [-0.2, 0) is 0 Å². The van der Waals surface area contributed by atoms with Crippen molar-refractivity contribution in [1.82, 2.24) is 10.2 Å². The van der Waals surface area contributed by atoms with Crippen molar-refractivity contribution in [2.75, 3.05) is 13.1 Å². The molecule has 2 fully saturated rings. The lowest BCUT2D eigenvalue weighted by Crippen LogP contribution is -2.48. The molecule has 2 nitrogen and oxygen atoms in total. The highest BCUT2D eigenvalue weighted by Crippen LogP contribution is 2.31. The molecule has 1 saturated carbocycles. The first-order valence-electron chi connectivity index (χ1n) is 7.67. The van der Waals surface area contributed by atoms with Gasteiger partial charge >= 0.3 is 0 Å². The van der Waals surface area contributed by atoms with Gasteiger partial charge in [-0.1, -0.05) is 12.8 Å². The molecule has 0 aromatic heterocycles. The van der Waals surface area contributed by atoms with Gasteiger partial charge in [0.2, 0.25) is 0 Å². The van der Waals surface area contributed by atoms with Gasteiger partial charge in [-0.05, 0) is 58.9 Å². The summed E-state index contributed by atoms with van der Waals surface area (Å²) in [7, 11) is 0. The molecule has 2 aliphatic rings. The second-order valence-corrected chi connectivity index (χ2v) is 6.37. The molecule has 1 aliphatic heterocycles. The Balaban J connectivity index is 1.90. The SMILES string of the molecule is CC(C)N(CC1CCCN1)C(C)C1CCCC1. The van der Waals surface area contributed by atoms with Crippen molar-refractivity contribution >= 4 is 0 Å². The number of nitrogens with zero attached hydrogens (tertiary/aromatic N) is 1. The maximum absolute atomic E-state index is 3.65. The number of hydrogen-bond donors (Lipinski definition) is 1. The Kier molecular flexibility index (Phi) is 4.87. The summed E-state index contributed by atoms with van der Waals surface area (Å²) in [5.41, 5.74) is 0. The molecule has 0 aromatic carbocycles. The largest absolute Gasteiger partial charge is 0.313 e. The van der Waals surface area contributed by atoms with Crippen LogP contribution in [-0.4, -0.2) is 36.1 Å². The predicted molar refractivity (Wildman–Crippen MR) is 74.3 cm³/mol. The lowest BCUT2D eigenvalue weighted by Gasteiger charge is -2.38. The first-order chi connectivity index (χ1) is 8.18. The monoisotopic (exact) mass is 238 g/mol. The lowest BCUT2D eigenvalue weighted by molar-refractivity contribution is 0.109. The van der Waals surface area contributed by atoms with Gasteiger partial charge in [0.15, 0.2) is 0 Å². The van der Waals surface area contributed by atoms with Gasteiger partial charge in [0.25, 0.3) is 0 Å².